The van der Waals surface area contributed by atoms with E-state index in [-0.39, 0.29) is 12.0 Å². The van der Waals surface area contributed by atoms with Gasteiger partial charge in [0.05, 0.1) is 28.2 Å². The lowest BCUT2D eigenvalue weighted by atomic mass is 9.88. The second-order valence-electron chi connectivity index (χ2n) is 6.27. The molecule has 2 atom stereocenters. The van der Waals surface area contributed by atoms with E-state index in [1.165, 1.54) is 0 Å². The highest BCUT2D eigenvalue weighted by Crippen LogP contribution is 2.45. The highest BCUT2D eigenvalue weighted by atomic mass is 35.5. The monoisotopic (exact) mass is 384 g/mol. The van der Waals surface area contributed by atoms with E-state index in [0.29, 0.717) is 22.8 Å². The summed E-state index contributed by atoms with van der Waals surface area (Å²) in [4.78, 5) is 5.48. The lowest BCUT2D eigenvalue weighted by Crippen LogP contribution is -2.29. The Bertz CT molecular complexity index is 1000. The van der Waals surface area contributed by atoms with Crippen molar-refractivity contribution >= 4 is 38.8 Å². The Kier molecular flexibility index (Phi) is 4.68. The fourth-order valence-corrected chi connectivity index (χ4v) is 4.98. The zero-order valence-corrected chi connectivity index (χ0v) is 15.5. The molecule has 3 N–H and O–H groups in total. The lowest BCUT2D eigenvalue weighted by molar-refractivity contribution is 0.518. The largest absolute Gasteiger partial charge is 0.467 e. The second kappa shape index (κ2) is 7.12. The van der Waals surface area contributed by atoms with Gasteiger partial charge in [-0.1, -0.05) is 23.8 Å². The number of rotatable bonds is 4. The van der Waals surface area contributed by atoms with E-state index in [1.807, 2.05) is 12.1 Å². The molecule has 0 aromatic carbocycles. The molecular formula is C19H17ClN4OS. The summed E-state index contributed by atoms with van der Waals surface area (Å²) in [5.74, 6) is 0.992. The number of furan rings is 1. The summed E-state index contributed by atoms with van der Waals surface area (Å²) in [5, 5.41) is 13.3. The Hall–Kier alpha value is -2.33. The molecule has 1 aliphatic carbocycles. The van der Waals surface area contributed by atoms with Crippen LogP contribution in [0.3, 0.4) is 0 Å². The van der Waals surface area contributed by atoms with Gasteiger partial charge in [0.2, 0.25) is 0 Å². The first-order valence-electron chi connectivity index (χ1n) is 8.37. The number of halogens is 1. The molecule has 0 aliphatic heterocycles. The number of thiophene rings is 1. The molecule has 5 nitrogen and oxygen atoms in total. The van der Waals surface area contributed by atoms with Crippen LogP contribution in [-0.2, 0) is 6.54 Å². The number of nitrogens with one attached hydrogen (secondary N) is 1. The first kappa shape index (κ1) is 17.1. The van der Waals surface area contributed by atoms with E-state index in [4.69, 9.17) is 21.8 Å². The maximum Gasteiger partial charge on any atom is 0.143 e. The molecule has 0 radical (unpaired) electrons. The van der Waals surface area contributed by atoms with Crippen LogP contribution in [0.4, 0.5) is 5.69 Å². The number of nitriles is 1. The highest BCUT2D eigenvalue weighted by Gasteiger charge is 2.27. The first-order chi connectivity index (χ1) is 12.7. The van der Waals surface area contributed by atoms with Gasteiger partial charge in [0, 0.05) is 16.8 Å². The quantitative estimate of drug-likeness (QED) is 0.631. The molecule has 0 fully saturated rings. The van der Waals surface area contributed by atoms with Crippen LogP contribution in [0.25, 0.3) is 10.2 Å². The van der Waals surface area contributed by atoms with Crippen LogP contribution >= 0.6 is 22.9 Å². The second-order valence-corrected chi connectivity index (χ2v) is 7.70. The third-order valence-corrected chi connectivity index (χ3v) is 6.41. The van der Waals surface area contributed by atoms with Crippen molar-refractivity contribution in [3.8, 4) is 6.07 Å². The van der Waals surface area contributed by atoms with Crippen LogP contribution in [0.5, 0.6) is 0 Å². The number of aromatic nitrogens is 1. The molecule has 0 unspecified atom stereocenters. The molecule has 0 saturated heterocycles. The molecule has 7 heteroatoms. The Morgan fingerprint density at radius 2 is 2.27 bits per heavy atom. The third-order valence-electron chi connectivity index (χ3n) is 4.58. The fraction of sp³-hybridized carbons (Fsp3) is 0.263. The number of anilines is 1. The molecule has 0 spiro atoms. The predicted molar refractivity (Wildman–Crippen MR) is 104 cm³/mol. The minimum absolute atomic E-state index is 0.0422. The molecular weight excluding hydrogens is 368 g/mol. The van der Waals surface area contributed by atoms with Crippen molar-refractivity contribution in [3.63, 3.8) is 0 Å². The van der Waals surface area contributed by atoms with Crippen LogP contribution < -0.4 is 11.1 Å². The summed E-state index contributed by atoms with van der Waals surface area (Å²) in [6.07, 6.45) is 7.62. The molecule has 3 aromatic heterocycles. The van der Waals surface area contributed by atoms with Gasteiger partial charge in [-0.15, -0.1) is 11.3 Å². The Labute approximate surface area is 160 Å². The normalized spacial score (nSPS) is 19.6. The molecule has 3 aromatic rings. The summed E-state index contributed by atoms with van der Waals surface area (Å²) >= 11 is 8.28. The van der Waals surface area contributed by atoms with E-state index in [2.05, 4.69) is 28.5 Å². The maximum atomic E-state index is 9.33. The summed E-state index contributed by atoms with van der Waals surface area (Å²) < 4.78 is 6.31. The van der Waals surface area contributed by atoms with E-state index in [0.717, 1.165) is 33.9 Å². The average Bonchev–Trinajstić information content (AvgIpc) is 3.28. The third kappa shape index (κ3) is 3.10. The minimum Gasteiger partial charge on any atom is -0.467 e. The Morgan fingerprint density at radius 1 is 1.42 bits per heavy atom. The average molecular weight is 385 g/mol. The van der Waals surface area contributed by atoms with Crippen molar-refractivity contribution in [2.75, 3.05) is 5.32 Å². The van der Waals surface area contributed by atoms with Crippen LogP contribution in [0.2, 0.25) is 5.02 Å². The zero-order chi connectivity index (χ0) is 18.1. The van der Waals surface area contributed by atoms with Crippen LogP contribution in [0.1, 0.15) is 35.1 Å². The maximum absolute atomic E-state index is 9.33. The van der Waals surface area contributed by atoms with Crippen molar-refractivity contribution in [2.45, 2.75) is 31.3 Å². The van der Waals surface area contributed by atoms with Gasteiger partial charge in [0.1, 0.15) is 23.0 Å². The Balaban J connectivity index is 1.77. The van der Waals surface area contributed by atoms with Gasteiger partial charge in [0.15, 0.2) is 0 Å². The van der Waals surface area contributed by atoms with E-state index in [9.17, 15) is 5.26 Å². The van der Waals surface area contributed by atoms with E-state index < -0.39 is 0 Å². The van der Waals surface area contributed by atoms with Gasteiger partial charge in [-0.3, -0.25) is 0 Å². The molecule has 26 heavy (non-hydrogen) atoms. The van der Waals surface area contributed by atoms with Gasteiger partial charge in [0.25, 0.3) is 0 Å². The summed E-state index contributed by atoms with van der Waals surface area (Å²) in [6, 6.07) is 7.65. The number of nitrogens with zero attached hydrogens (tertiary/aromatic N) is 2. The molecule has 0 bridgehead atoms. The fourth-order valence-electron chi connectivity index (χ4n) is 3.22. The first-order valence-corrected chi connectivity index (χ1v) is 9.56. The van der Waals surface area contributed by atoms with Crippen molar-refractivity contribution < 1.29 is 4.42 Å². The number of allylic oxidation sites excluding steroid dienone is 1. The molecule has 1 aliphatic rings. The van der Waals surface area contributed by atoms with Crippen molar-refractivity contribution in [2.24, 2.45) is 5.73 Å². The predicted octanol–water partition coefficient (Wildman–Crippen LogP) is 4.79. The Morgan fingerprint density at radius 3 is 3.00 bits per heavy atom. The molecule has 0 amide bonds. The summed E-state index contributed by atoms with van der Waals surface area (Å²) in [6.45, 7) is 0.521. The van der Waals surface area contributed by atoms with Gasteiger partial charge < -0.3 is 15.5 Å². The lowest BCUT2D eigenvalue weighted by Gasteiger charge is -2.24. The van der Waals surface area contributed by atoms with Crippen molar-refractivity contribution in [1.82, 2.24) is 4.98 Å². The number of nitrogens with two attached hydrogens (primary N) is 1. The smallest absolute Gasteiger partial charge is 0.143 e. The summed E-state index contributed by atoms with van der Waals surface area (Å²) in [7, 11) is 0. The SMILES string of the molecule is N#Cc1cc(NCc2ccco2)c2sc([C@H]3CC=CC[C@@H]3N)c(Cl)c2n1. The van der Waals surface area contributed by atoms with E-state index >= 15 is 0 Å². The van der Waals surface area contributed by atoms with Crippen LogP contribution in [-0.4, -0.2) is 11.0 Å². The highest BCUT2D eigenvalue weighted by molar-refractivity contribution is 7.20. The van der Waals surface area contributed by atoms with Crippen molar-refractivity contribution in [1.29, 1.82) is 5.26 Å². The number of hydrogen-bond donors (Lipinski definition) is 2. The van der Waals surface area contributed by atoms with E-state index in [1.54, 1.807) is 23.7 Å². The minimum atomic E-state index is 0.0422. The standard InChI is InChI=1S/C19H17ClN4OS/c20-16-17-19(26-18(16)13-5-1-2-6-14(13)22)15(8-11(9-21)24-17)23-10-12-4-3-7-25-12/h1-4,7-8,13-14H,5-6,10,22H2,(H,23,24)/t13-,14-/m0/s1. The molecule has 4 rings (SSSR count). The molecule has 132 valence electrons. The summed E-state index contributed by atoms with van der Waals surface area (Å²) in [5.41, 5.74) is 8.14. The number of hydrogen-bond acceptors (Lipinski definition) is 6. The zero-order valence-electron chi connectivity index (χ0n) is 13.9. The number of fused-ring (bicyclic) bond motifs is 1. The molecule has 0 saturated carbocycles. The molecule has 3 heterocycles. The van der Waals surface area contributed by atoms with Gasteiger partial charge in [-0.25, -0.2) is 4.98 Å². The van der Waals surface area contributed by atoms with Crippen LogP contribution in [0.15, 0.2) is 41.0 Å². The number of pyridine rings is 1. The van der Waals surface area contributed by atoms with Gasteiger partial charge in [-0.05, 0) is 31.0 Å². The topological polar surface area (TPSA) is 87.9 Å². The van der Waals surface area contributed by atoms with Crippen LogP contribution in [0, 0.1) is 11.3 Å². The van der Waals surface area contributed by atoms with Gasteiger partial charge in [-0.2, -0.15) is 5.26 Å². The van der Waals surface area contributed by atoms with Gasteiger partial charge >= 0.3 is 0 Å². The van der Waals surface area contributed by atoms with Crippen molar-refractivity contribution in [3.05, 3.63) is 58.0 Å².